The van der Waals surface area contributed by atoms with Gasteiger partial charge in [0.05, 0.1) is 0 Å². The van der Waals surface area contributed by atoms with Crippen molar-refractivity contribution in [2.24, 2.45) is 5.92 Å². The fourth-order valence-corrected chi connectivity index (χ4v) is 4.24. The maximum absolute atomic E-state index is 12.0. The molecular weight excluding hydrogens is 226 g/mol. The molecule has 3 rings (SSSR count). The predicted octanol–water partition coefficient (Wildman–Crippen LogP) is -0.333. The van der Waals surface area contributed by atoms with Crippen molar-refractivity contribution in [3.63, 3.8) is 0 Å². The third-order valence-electron chi connectivity index (χ3n) is 3.80. The molecule has 2 saturated heterocycles. The molecule has 92 valence electrons. The van der Waals surface area contributed by atoms with E-state index in [2.05, 4.69) is 10.0 Å². The van der Waals surface area contributed by atoms with Crippen LogP contribution in [0.1, 0.15) is 25.7 Å². The van der Waals surface area contributed by atoms with E-state index >= 15 is 0 Å². The van der Waals surface area contributed by atoms with Crippen LogP contribution < -0.4 is 10.0 Å². The van der Waals surface area contributed by atoms with E-state index in [1.807, 2.05) is 0 Å². The molecule has 16 heavy (non-hydrogen) atoms. The number of hydrogen-bond donors (Lipinski definition) is 2. The van der Waals surface area contributed by atoms with Crippen molar-refractivity contribution in [2.45, 2.75) is 37.8 Å². The first-order valence-corrected chi connectivity index (χ1v) is 7.60. The van der Waals surface area contributed by atoms with Gasteiger partial charge in [-0.15, -0.1) is 0 Å². The number of nitrogens with one attached hydrogen (secondary N) is 2. The number of rotatable bonds is 3. The summed E-state index contributed by atoms with van der Waals surface area (Å²) in [6.45, 7) is 2.37. The van der Waals surface area contributed by atoms with Gasteiger partial charge in [-0.1, -0.05) is 0 Å². The summed E-state index contributed by atoms with van der Waals surface area (Å²) in [5.41, 5.74) is 0. The molecule has 6 heteroatoms. The Balaban J connectivity index is 1.67. The van der Waals surface area contributed by atoms with Gasteiger partial charge >= 0.3 is 0 Å². The van der Waals surface area contributed by atoms with Gasteiger partial charge in [-0.05, 0) is 38.1 Å². The minimum absolute atomic E-state index is 0.209. The highest BCUT2D eigenvalue weighted by Crippen LogP contribution is 2.28. The van der Waals surface area contributed by atoms with Crippen molar-refractivity contribution in [3.8, 4) is 0 Å². The molecule has 3 fully saturated rings. The van der Waals surface area contributed by atoms with Gasteiger partial charge in [0.25, 0.3) is 10.2 Å². The van der Waals surface area contributed by atoms with Crippen LogP contribution in [0.15, 0.2) is 0 Å². The minimum Gasteiger partial charge on any atom is -0.312 e. The molecule has 0 aromatic rings. The van der Waals surface area contributed by atoms with Crippen LogP contribution in [0.4, 0.5) is 0 Å². The lowest BCUT2D eigenvalue weighted by molar-refractivity contribution is 0.339. The molecular formula is C10H19N3O2S. The zero-order valence-corrected chi connectivity index (χ0v) is 10.2. The summed E-state index contributed by atoms with van der Waals surface area (Å²) in [7, 11) is -3.21. The zero-order valence-electron chi connectivity index (χ0n) is 9.35. The topological polar surface area (TPSA) is 61.4 Å². The van der Waals surface area contributed by atoms with Gasteiger partial charge in [0.1, 0.15) is 0 Å². The molecule has 3 aliphatic rings. The molecule has 1 saturated carbocycles. The van der Waals surface area contributed by atoms with E-state index < -0.39 is 10.2 Å². The molecule has 2 unspecified atom stereocenters. The first-order chi connectivity index (χ1) is 7.65. The Hall–Kier alpha value is -0.170. The largest absolute Gasteiger partial charge is 0.312 e. The summed E-state index contributed by atoms with van der Waals surface area (Å²) in [6, 6.07) is 0.588. The molecule has 0 amide bonds. The summed E-state index contributed by atoms with van der Waals surface area (Å²) in [5.74, 6) is 0.518. The van der Waals surface area contributed by atoms with Crippen LogP contribution in [0.25, 0.3) is 0 Å². The smallest absolute Gasteiger partial charge is 0.279 e. The molecule has 1 aliphatic carbocycles. The van der Waals surface area contributed by atoms with Crippen LogP contribution in [-0.2, 0) is 10.2 Å². The third-order valence-corrected chi connectivity index (χ3v) is 5.41. The highest BCUT2D eigenvalue weighted by Gasteiger charge is 2.41. The lowest BCUT2D eigenvalue weighted by Gasteiger charge is -2.24. The summed E-state index contributed by atoms with van der Waals surface area (Å²) in [4.78, 5) is 0. The van der Waals surface area contributed by atoms with E-state index in [0.717, 1.165) is 25.8 Å². The van der Waals surface area contributed by atoms with Crippen LogP contribution in [0.3, 0.4) is 0 Å². The third kappa shape index (κ3) is 2.11. The van der Waals surface area contributed by atoms with Gasteiger partial charge in [-0.25, -0.2) is 0 Å². The number of fused-ring (bicyclic) bond motifs is 1. The van der Waals surface area contributed by atoms with Crippen LogP contribution in [0, 0.1) is 5.92 Å². The first-order valence-electron chi connectivity index (χ1n) is 6.16. The molecule has 0 aromatic heterocycles. The van der Waals surface area contributed by atoms with Gasteiger partial charge in [-0.3, -0.25) is 0 Å². The SMILES string of the molecule is O=S(=O)(NC1CC1)N1CC2CCCNC2C1. The number of piperidine rings is 1. The molecule has 2 atom stereocenters. The van der Waals surface area contributed by atoms with Crippen molar-refractivity contribution in [2.75, 3.05) is 19.6 Å². The Kier molecular flexibility index (Phi) is 2.70. The fraction of sp³-hybridized carbons (Fsp3) is 1.00. The molecule has 0 radical (unpaired) electrons. The van der Waals surface area contributed by atoms with Gasteiger partial charge in [-0.2, -0.15) is 17.4 Å². The summed E-state index contributed by atoms with van der Waals surface area (Å²) in [5, 5.41) is 3.42. The van der Waals surface area contributed by atoms with E-state index in [0.29, 0.717) is 25.0 Å². The maximum Gasteiger partial charge on any atom is 0.279 e. The molecule has 2 aliphatic heterocycles. The van der Waals surface area contributed by atoms with E-state index in [1.54, 1.807) is 4.31 Å². The molecule has 5 nitrogen and oxygen atoms in total. The Morgan fingerprint density at radius 3 is 2.69 bits per heavy atom. The second kappa shape index (κ2) is 3.94. The first kappa shape index (κ1) is 11.0. The number of nitrogens with zero attached hydrogens (tertiary/aromatic N) is 1. The van der Waals surface area contributed by atoms with Crippen LogP contribution >= 0.6 is 0 Å². The Bertz CT molecular complexity index is 352. The molecule has 0 aromatic carbocycles. The molecule has 0 bridgehead atoms. The molecule has 2 N–H and O–H groups in total. The quantitative estimate of drug-likeness (QED) is 0.715. The molecule has 2 heterocycles. The Morgan fingerprint density at radius 1 is 1.19 bits per heavy atom. The Labute approximate surface area is 96.8 Å². The highest BCUT2D eigenvalue weighted by molar-refractivity contribution is 7.87. The van der Waals surface area contributed by atoms with Gasteiger partial charge in [0.15, 0.2) is 0 Å². The predicted molar refractivity (Wildman–Crippen MR) is 61.2 cm³/mol. The van der Waals surface area contributed by atoms with Crippen molar-refractivity contribution < 1.29 is 8.42 Å². The van der Waals surface area contributed by atoms with Crippen LogP contribution in [-0.4, -0.2) is 44.4 Å². The van der Waals surface area contributed by atoms with E-state index in [-0.39, 0.29) is 6.04 Å². The van der Waals surface area contributed by atoms with E-state index in [1.165, 1.54) is 6.42 Å². The van der Waals surface area contributed by atoms with Gasteiger partial charge < -0.3 is 5.32 Å². The van der Waals surface area contributed by atoms with E-state index in [4.69, 9.17) is 0 Å². The highest BCUT2D eigenvalue weighted by atomic mass is 32.2. The van der Waals surface area contributed by atoms with Crippen molar-refractivity contribution in [3.05, 3.63) is 0 Å². The summed E-state index contributed by atoms with van der Waals surface area (Å²) >= 11 is 0. The van der Waals surface area contributed by atoms with Gasteiger partial charge in [0, 0.05) is 25.2 Å². The standard InChI is InChI=1S/C10H19N3O2S/c14-16(15,12-9-3-4-9)13-6-8-2-1-5-11-10(8)7-13/h8-12H,1-7H2. The lowest BCUT2D eigenvalue weighted by Crippen LogP contribution is -2.43. The summed E-state index contributed by atoms with van der Waals surface area (Å²) in [6.07, 6.45) is 4.33. The fourth-order valence-electron chi connectivity index (χ4n) is 2.69. The van der Waals surface area contributed by atoms with E-state index in [9.17, 15) is 8.42 Å². The van der Waals surface area contributed by atoms with Crippen molar-refractivity contribution >= 4 is 10.2 Å². The zero-order chi connectivity index (χ0) is 11.2. The van der Waals surface area contributed by atoms with Crippen molar-refractivity contribution in [1.29, 1.82) is 0 Å². The summed E-state index contributed by atoms with van der Waals surface area (Å²) < 4.78 is 28.4. The maximum atomic E-state index is 12.0. The second-order valence-electron chi connectivity index (χ2n) is 5.18. The van der Waals surface area contributed by atoms with Crippen LogP contribution in [0.2, 0.25) is 0 Å². The second-order valence-corrected chi connectivity index (χ2v) is 6.88. The van der Waals surface area contributed by atoms with Crippen LogP contribution in [0.5, 0.6) is 0 Å². The normalized spacial score (nSPS) is 36.2. The number of hydrogen-bond acceptors (Lipinski definition) is 3. The lowest BCUT2D eigenvalue weighted by atomic mass is 9.94. The minimum atomic E-state index is -3.21. The average molecular weight is 245 g/mol. The average Bonchev–Trinajstić information content (AvgIpc) is 2.94. The molecule has 0 spiro atoms. The van der Waals surface area contributed by atoms with Gasteiger partial charge in [0.2, 0.25) is 0 Å². The van der Waals surface area contributed by atoms with Crippen molar-refractivity contribution in [1.82, 2.24) is 14.3 Å². The Morgan fingerprint density at radius 2 is 2.00 bits per heavy atom. The monoisotopic (exact) mass is 245 g/mol.